The summed E-state index contributed by atoms with van der Waals surface area (Å²) in [5, 5.41) is 3.64. The monoisotopic (exact) mass is 296 g/mol. The van der Waals surface area contributed by atoms with Crippen LogP contribution in [-0.2, 0) is 6.54 Å². The molecule has 0 spiro atoms. The lowest BCUT2D eigenvalue weighted by Gasteiger charge is -2.27. The molecule has 0 bridgehead atoms. The van der Waals surface area contributed by atoms with Crippen LogP contribution in [0.3, 0.4) is 0 Å². The van der Waals surface area contributed by atoms with E-state index in [1.165, 1.54) is 18.4 Å². The van der Waals surface area contributed by atoms with E-state index in [1.807, 2.05) is 42.5 Å². The molecular formula is C19H24N2O. The first-order valence-electron chi connectivity index (χ1n) is 8.10. The third-order valence-electron chi connectivity index (χ3n) is 4.24. The van der Waals surface area contributed by atoms with Gasteiger partial charge in [0.05, 0.1) is 0 Å². The summed E-state index contributed by atoms with van der Waals surface area (Å²) < 4.78 is 5.88. The summed E-state index contributed by atoms with van der Waals surface area (Å²) in [6.07, 6.45) is 4.63. The van der Waals surface area contributed by atoms with Gasteiger partial charge in [0.25, 0.3) is 0 Å². The number of ether oxygens (including phenoxy) is 1. The Bertz CT molecular complexity index is 577. The lowest BCUT2D eigenvalue weighted by atomic mass is 9.92. The molecule has 0 radical (unpaired) electrons. The average Bonchev–Trinajstić information content (AvgIpc) is 2.56. The van der Waals surface area contributed by atoms with Crippen molar-refractivity contribution >= 4 is 0 Å². The standard InChI is InChI=1S/C19H24N2O/c20-16-9-11-17(12-10-16)21-14-15-5-4-8-19(13-15)22-18-6-2-1-3-7-18/h1-8,13,16-17,21H,9-12,14,20H2/t16-,17+. The van der Waals surface area contributed by atoms with Gasteiger partial charge in [0.2, 0.25) is 0 Å². The molecule has 1 aliphatic carbocycles. The van der Waals surface area contributed by atoms with Crippen molar-refractivity contribution in [3.8, 4) is 11.5 Å². The van der Waals surface area contributed by atoms with Crippen molar-refractivity contribution in [2.24, 2.45) is 5.73 Å². The zero-order valence-corrected chi connectivity index (χ0v) is 12.9. The molecule has 22 heavy (non-hydrogen) atoms. The highest BCUT2D eigenvalue weighted by molar-refractivity contribution is 5.33. The molecule has 0 aliphatic heterocycles. The van der Waals surface area contributed by atoms with Crippen molar-refractivity contribution in [3.05, 3.63) is 60.2 Å². The van der Waals surface area contributed by atoms with Gasteiger partial charge in [0.1, 0.15) is 11.5 Å². The first kappa shape index (κ1) is 15.1. The molecule has 3 rings (SSSR count). The van der Waals surface area contributed by atoms with Gasteiger partial charge in [0, 0.05) is 18.6 Å². The average molecular weight is 296 g/mol. The summed E-state index contributed by atoms with van der Waals surface area (Å²) in [7, 11) is 0. The zero-order valence-electron chi connectivity index (χ0n) is 12.9. The number of nitrogens with two attached hydrogens (primary N) is 1. The minimum absolute atomic E-state index is 0.403. The predicted molar refractivity (Wildman–Crippen MR) is 90.0 cm³/mol. The van der Waals surface area contributed by atoms with Gasteiger partial charge in [-0.15, -0.1) is 0 Å². The molecule has 0 aromatic heterocycles. The summed E-state index contributed by atoms with van der Waals surface area (Å²) in [6.45, 7) is 0.881. The summed E-state index contributed by atoms with van der Waals surface area (Å²) in [6, 6.07) is 19.2. The normalized spacial score (nSPS) is 21.5. The fraction of sp³-hybridized carbons (Fsp3) is 0.368. The maximum absolute atomic E-state index is 5.95. The van der Waals surface area contributed by atoms with E-state index in [9.17, 15) is 0 Å². The van der Waals surface area contributed by atoms with Crippen LogP contribution in [0, 0.1) is 0 Å². The number of hydrogen-bond donors (Lipinski definition) is 2. The van der Waals surface area contributed by atoms with E-state index in [4.69, 9.17) is 10.5 Å². The Balaban J connectivity index is 1.55. The predicted octanol–water partition coefficient (Wildman–Crippen LogP) is 3.84. The van der Waals surface area contributed by atoms with Crippen LogP contribution in [0.1, 0.15) is 31.2 Å². The van der Waals surface area contributed by atoms with E-state index in [-0.39, 0.29) is 0 Å². The fourth-order valence-electron chi connectivity index (χ4n) is 2.93. The molecule has 3 N–H and O–H groups in total. The molecule has 3 heteroatoms. The second-order valence-electron chi connectivity index (χ2n) is 6.06. The van der Waals surface area contributed by atoms with E-state index in [0.29, 0.717) is 12.1 Å². The van der Waals surface area contributed by atoms with Gasteiger partial charge < -0.3 is 15.8 Å². The highest BCUT2D eigenvalue weighted by Crippen LogP contribution is 2.22. The largest absolute Gasteiger partial charge is 0.457 e. The lowest BCUT2D eigenvalue weighted by molar-refractivity contribution is 0.341. The molecule has 2 aromatic rings. The smallest absolute Gasteiger partial charge is 0.127 e. The van der Waals surface area contributed by atoms with Crippen LogP contribution in [0.25, 0.3) is 0 Å². The Labute approximate surface area is 132 Å². The number of rotatable bonds is 5. The van der Waals surface area contributed by atoms with Crippen molar-refractivity contribution in [2.45, 2.75) is 44.3 Å². The fourth-order valence-corrected chi connectivity index (χ4v) is 2.93. The molecule has 0 saturated heterocycles. The first-order chi connectivity index (χ1) is 10.8. The minimum Gasteiger partial charge on any atom is -0.457 e. The molecule has 1 fully saturated rings. The van der Waals surface area contributed by atoms with Crippen LogP contribution in [0.2, 0.25) is 0 Å². The van der Waals surface area contributed by atoms with Gasteiger partial charge in [-0.1, -0.05) is 30.3 Å². The number of hydrogen-bond acceptors (Lipinski definition) is 3. The zero-order chi connectivity index (χ0) is 15.2. The van der Waals surface area contributed by atoms with Crippen LogP contribution in [0.4, 0.5) is 0 Å². The van der Waals surface area contributed by atoms with Gasteiger partial charge in [-0.25, -0.2) is 0 Å². The highest BCUT2D eigenvalue weighted by Gasteiger charge is 2.17. The Morgan fingerprint density at radius 1 is 0.909 bits per heavy atom. The van der Waals surface area contributed by atoms with Gasteiger partial charge in [-0.05, 0) is 55.5 Å². The van der Waals surface area contributed by atoms with Crippen LogP contribution in [-0.4, -0.2) is 12.1 Å². The molecule has 0 atom stereocenters. The summed E-state index contributed by atoms with van der Waals surface area (Å²) in [5.41, 5.74) is 7.21. The topological polar surface area (TPSA) is 47.3 Å². The SMILES string of the molecule is N[C@H]1CC[C@@H](NCc2cccc(Oc3ccccc3)c2)CC1. The van der Waals surface area contributed by atoms with E-state index in [2.05, 4.69) is 17.4 Å². The van der Waals surface area contributed by atoms with Gasteiger partial charge in [-0.3, -0.25) is 0 Å². The Morgan fingerprint density at radius 3 is 2.41 bits per heavy atom. The first-order valence-corrected chi connectivity index (χ1v) is 8.10. The van der Waals surface area contributed by atoms with E-state index < -0.39 is 0 Å². The third-order valence-corrected chi connectivity index (χ3v) is 4.24. The number of benzene rings is 2. The lowest BCUT2D eigenvalue weighted by Crippen LogP contribution is -2.37. The number of nitrogens with one attached hydrogen (secondary N) is 1. The van der Waals surface area contributed by atoms with E-state index in [0.717, 1.165) is 30.9 Å². The highest BCUT2D eigenvalue weighted by atomic mass is 16.5. The molecule has 3 nitrogen and oxygen atoms in total. The molecular weight excluding hydrogens is 272 g/mol. The van der Waals surface area contributed by atoms with Crippen molar-refractivity contribution in [3.63, 3.8) is 0 Å². The molecule has 2 aromatic carbocycles. The molecule has 0 unspecified atom stereocenters. The molecule has 0 heterocycles. The summed E-state index contributed by atoms with van der Waals surface area (Å²) in [4.78, 5) is 0. The van der Waals surface area contributed by atoms with Crippen molar-refractivity contribution in [2.75, 3.05) is 0 Å². The Kier molecular flexibility index (Phi) is 5.09. The van der Waals surface area contributed by atoms with Crippen LogP contribution >= 0.6 is 0 Å². The van der Waals surface area contributed by atoms with Crippen LogP contribution < -0.4 is 15.8 Å². The summed E-state index contributed by atoms with van der Waals surface area (Å²) >= 11 is 0. The summed E-state index contributed by atoms with van der Waals surface area (Å²) in [5.74, 6) is 1.75. The van der Waals surface area contributed by atoms with E-state index in [1.54, 1.807) is 0 Å². The minimum atomic E-state index is 0.403. The molecule has 1 aliphatic rings. The number of para-hydroxylation sites is 1. The van der Waals surface area contributed by atoms with Gasteiger partial charge >= 0.3 is 0 Å². The Morgan fingerprint density at radius 2 is 1.64 bits per heavy atom. The van der Waals surface area contributed by atoms with Gasteiger partial charge in [-0.2, -0.15) is 0 Å². The molecule has 0 amide bonds. The second-order valence-corrected chi connectivity index (χ2v) is 6.06. The van der Waals surface area contributed by atoms with E-state index >= 15 is 0 Å². The third kappa shape index (κ3) is 4.33. The van der Waals surface area contributed by atoms with Gasteiger partial charge in [0.15, 0.2) is 0 Å². The van der Waals surface area contributed by atoms with Crippen molar-refractivity contribution in [1.29, 1.82) is 0 Å². The molecule has 116 valence electrons. The van der Waals surface area contributed by atoms with Crippen molar-refractivity contribution < 1.29 is 4.74 Å². The second kappa shape index (κ2) is 7.43. The maximum atomic E-state index is 5.95. The van der Waals surface area contributed by atoms with Crippen molar-refractivity contribution in [1.82, 2.24) is 5.32 Å². The molecule has 1 saturated carbocycles. The quantitative estimate of drug-likeness (QED) is 0.881. The van der Waals surface area contributed by atoms with Crippen LogP contribution in [0.15, 0.2) is 54.6 Å². The van der Waals surface area contributed by atoms with Crippen LogP contribution in [0.5, 0.6) is 11.5 Å². The maximum Gasteiger partial charge on any atom is 0.127 e. The Hall–Kier alpha value is -1.84.